The molecule has 4 heteroatoms. The molecule has 0 atom stereocenters. The first-order valence-corrected chi connectivity index (χ1v) is 4.95. The van der Waals surface area contributed by atoms with Gasteiger partial charge < -0.3 is 0 Å². The van der Waals surface area contributed by atoms with Crippen LogP contribution in [0, 0.1) is 0 Å². The normalized spacial score (nSPS) is 20.6. The second-order valence-corrected chi connectivity index (χ2v) is 4.56. The topological polar surface area (TPSA) is 6.48 Å². The van der Waals surface area contributed by atoms with Crippen LogP contribution in [0.2, 0.25) is 0 Å². The number of hydrogen-bond acceptors (Lipinski definition) is 2. The average Bonchev–Trinajstić information content (AvgIpc) is 2.29. The Morgan fingerprint density at radius 3 is 2.08 bits per heavy atom. The minimum atomic E-state index is 0. The smallest absolute Gasteiger partial charge is 0.147 e. The quantitative estimate of drug-likeness (QED) is 0.654. The van der Waals surface area contributed by atoms with Gasteiger partial charge in [0.1, 0.15) is 0 Å². The van der Waals surface area contributed by atoms with E-state index in [1.165, 1.54) is 0 Å². The third-order valence-corrected chi connectivity index (χ3v) is 2.78. The van der Waals surface area contributed by atoms with Gasteiger partial charge in [0.05, 0.1) is 0 Å². The van der Waals surface area contributed by atoms with Crippen molar-refractivity contribution >= 4 is 17.1 Å². The summed E-state index contributed by atoms with van der Waals surface area (Å²) in [4.78, 5) is 4.53. The molecule has 0 aliphatic carbocycles. The fraction of sp³-hybridized carbons (Fsp3) is 0.889. The van der Waals surface area contributed by atoms with E-state index >= 15 is 0 Å². The van der Waals surface area contributed by atoms with Crippen molar-refractivity contribution in [2.45, 2.75) is 33.2 Å². The summed E-state index contributed by atoms with van der Waals surface area (Å²) in [5.41, 5.74) is 0.176. The van der Waals surface area contributed by atoms with Crippen molar-refractivity contribution in [1.82, 2.24) is 9.80 Å². The molecule has 0 N–H and O–H groups in total. The van der Waals surface area contributed by atoms with Gasteiger partial charge >= 0.3 is 82.9 Å². The van der Waals surface area contributed by atoms with Gasteiger partial charge in [-0.2, -0.15) is 0 Å². The van der Waals surface area contributed by atoms with E-state index in [2.05, 4.69) is 37.5 Å². The van der Waals surface area contributed by atoms with E-state index in [-0.39, 0.29) is 17.9 Å². The average molecular weight is 254 g/mol. The summed E-state index contributed by atoms with van der Waals surface area (Å²) in [7, 11) is 0. The van der Waals surface area contributed by atoms with E-state index in [1.54, 1.807) is 0 Å². The maximum absolute atomic E-state index is 5.52. The molecule has 0 radical (unpaired) electrons. The second kappa shape index (κ2) is 4.90. The molecule has 0 bridgehead atoms. The molecule has 1 fully saturated rings. The van der Waals surface area contributed by atoms with E-state index in [1.807, 2.05) is 0 Å². The van der Waals surface area contributed by atoms with Crippen LogP contribution in [-0.4, -0.2) is 39.6 Å². The van der Waals surface area contributed by atoms with E-state index in [0.29, 0.717) is 0 Å². The van der Waals surface area contributed by atoms with Crippen molar-refractivity contribution in [2.75, 3.05) is 19.6 Å². The van der Waals surface area contributed by atoms with E-state index in [4.69, 9.17) is 15.6 Å². The molecule has 0 aromatic heterocycles. The summed E-state index contributed by atoms with van der Waals surface area (Å²) >= 11 is 5.52. The van der Waals surface area contributed by atoms with Crippen LogP contribution in [0.5, 0.6) is 0 Å². The van der Waals surface area contributed by atoms with Gasteiger partial charge in [-0.1, -0.05) is 0 Å². The van der Waals surface area contributed by atoms with Gasteiger partial charge in [0, 0.05) is 0 Å². The SMILES string of the molecule is CCN1CCN(C(C)(C)C)[C]1=[Cu].Cl. The summed E-state index contributed by atoms with van der Waals surface area (Å²) in [6.07, 6.45) is 0. The summed E-state index contributed by atoms with van der Waals surface area (Å²) < 4.78 is 0.998. The predicted octanol–water partition coefficient (Wildman–Crippen LogP) is 1.48. The maximum atomic E-state index is 5.52. The van der Waals surface area contributed by atoms with Gasteiger partial charge in [-0.15, -0.1) is 12.4 Å². The number of rotatable bonds is 1. The molecule has 0 spiro atoms. The standard InChI is InChI=1S/C9H18N2.ClH.Cu/c1-5-10-6-7-11(8-10)9(2,3)4;;/h5-7H2,1-4H3;1H;. The first-order valence-electron chi connectivity index (χ1n) is 4.48. The molecule has 1 heterocycles. The molecule has 0 saturated carbocycles. The minimum Gasteiger partial charge on any atom is -0.147 e. The van der Waals surface area contributed by atoms with Crippen molar-refractivity contribution < 1.29 is 15.6 Å². The van der Waals surface area contributed by atoms with Crippen LogP contribution in [0.25, 0.3) is 0 Å². The van der Waals surface area contributed by atoms with Crippen molar-refractivity contribution in [2.24, 2.45) is 0 Å². The maximum Gasteiger partial charge on any atom is -0.147 e. The van der Waals surface area contributed by atoms with Crippen molar-refractivity contribution in [1.29, 1.82) is 0 Å². The zero-order valence-electron chi connectivity index (χ0n) is 8.73. The molecule has 0 unspecified atom stereocenters. The molecule has 1 saturated heterocycles. The van der Waals surface area contributed by atoms with E-state index in [9.17, 15) is 0 Å². The van der Waals surface area contributed by atoms with Gasteiger partial charge in [-0.05, 0) is 0 Å². The monoisotopic (exact) mass is 253 g/mol. The van der Waals surface area contributed by atoms with Crippen LogP contribution >= 0.6 is 12.4 Å². The Balaban J connectivity index is 0.00000144. The summed E-state index contributed by atoms with van der Waals surface area (Å²) in [5, 5.41) is 0. The molecular formula is C9H19ClCuN2. The van der Waals surface area contributed by atoms with E-state index in [0.717, 1.165) is 24.3 Å². The molecule has 1 aliphatic rings. The van der Waals surface area contributed by atoms with Crippen molar-refractivity contribution in [3.63, 3.8) is 0 Å². The zero-order chi connectivity index (χ0) is 9.35. The van der Waals surface area contributed by atoms with Crippen LogP contribution in [0.1, 0.15) is 27.7 Å². The molecule has 1 aliphatic heterocycles. The van der Waals surface area contributed by atoms with Gasteiger partial charge in [0.15, 0.2) is 0 Å². The predicted molar refractivity (Wildman–Crippen MR) is 56.0 cm³/mol. The summed E-state index contributed by atoms with van der Waals surface area (Å²) in [6, 6.07) is 0. The van der Waals surface area contributed by atoms with Crippen molar-refractivity contribution in [3.8, 4) is 0 Å². The molecule has 83 valence electrons. The first-order chi connectivity index (χ1) is 5.46. The van der Waals surface area contributed by atoms with Crippen LogP contribution in [0.15, 0.2) is 0 Å². The van der Waals surface area contributed by atoms with Crippen LogP contribution in [0.3, 0.4) is 0 Å². The second-order valence-electron chi connectivity index (χ2n) is 4.14. The zero-order valence-corrected chi connectivity index (χ0v) is 10.5. The molecule has 0 aromatic carbocycles. The molecule has 0 aromatic rings. The van der Waals surface area contributed by atoms with Gasteiger partial charge in [-0.3, -0.25) is 0 Å². The third-order valence-electron chi connectivity index (χ3n) is 2.22. The number of hydrogen-bond donors (Lipinski definition) is 0. The Morgan fingerprint density at radius 1 is 1.31 bits per heavy atom. The van der Waals surface area contributed by atoms with Gasteiger partial charge in [-0.25, -0.2) is 0 Å². The molecule has 2 nitrogen and oxygen atoms in total. The summed E-state index contributed by atoms with van der Waals surface area (Å²) in [6.45, 7) is 11.9. The Bertz CT molecular complexity index is 189. The molecular weight excluding hydrogens is 235 g/mol. The number of nitrogens with zero attached hydrogens (tertiary/aromatic N) is 2. The van der Waals surface area contributed by atoms with Crippen LogP contribution in [-0.2, 0) is 15.6 Å². The summed E-state index contributed by atoms with van der Waals surface area (Å²) in [5.74, 6) is 0. The molecule has 1 rings (SSSR count). The minimum absolute atomic E-state index is 0. The van der Waals surface area contributed by atoms with Gasteiger partial charge in [0.25, 0.3) is 0 Å². The molecule has 0 amide bonds. The third kappa shape index (κ3) is 3.03. The Hall–Kier alpha value is 0.599. The molecule has 13 heavy (non-hydrogen) atoms. The Morgan fingerprint density at radius 2 is 1.85 bits per heavy atom. The van der Waals surface area contributed by atoms with Crippen LogP contribution in [0.4, 0.5) is 0 Å². The van der Waals surface area contributed by atoms with E-state index < -0.39 is 0 Å². The van der Waals surface area contributed by atoms with Crippen LogP contribution < -0.4 is 0 Å². The fourth-order valence-electron chi connectivity index (χ4n) is 1.42. The number of halogens is 1. The van der Waals surface area contributed by atoms with Crippen molar-refractivity contribution in [3.05, 3.63) is 0 Å². The Kier molecular flexibility index (Phi) is 5.13. The first kappa shape index (κ1) is 13.6. The largest absolute Gasteiger partial charge is 0.147 e. The Labute approximate surface area is 95.4 Å². The van der Waals surface area contributed by atoms with Gasteiger partial charge in [0.2, 0.25) is 0 Å². The fourth-order valence-corrected chi connectivity index (χ4v) is 2.10. The number of likely N-dealkylation sites (N-methyl/N-ethyl adjacent to an activating group) is 1.